The van der Waals surface area contributed by atoms with Gasteiger partial charge in [-0.15, -0.1) is 0 Å². The normalized spacial score (nSPS) is 21.1. The molecule has 8 heteroatoms. The highest BCUT2D eigenvalue weighted by atomic mass is 28.4. The third kappa shape index (κ3) is 3.93. The van der Waals surface area contributed by atoms with Crippen LogP contribution in [0.5, 0.6) is 5.75 Å². The van der Waals surface area contributed by atoms with Crippen LogP contribution in [0.2, 0.25) is 18.1 Å². The van der Waals surface area contributed by atoms with Crippen molar-refractivity contribution >= 4 is 25.3 Å². The zero-order chi connectivity index (χ0) is 23.3. The lowest BCUT2D eigenvalue weighted by Crippen LogP contribution is -2.53. The van der Waals surface area contributed by atoms with E-state index in [1.54, 1.807) is 7.11 Å². The number of methoxy groups -OCH3 is 1. The van der Waals surface area contributed by atoms with E-state index in [0.717, 1.165) is 30.7 Å². The van der Waals surface area contributed by atoms with Gasteiger partial charge in [-0.2, -0.15) is 0 Å². The van der Waals surface area contributed by atoms with Gasteiger partial charge in [-0.1, -0.05) is 20.8 Å². The average molecular weight is 460 g/mol. The van der Waals surface area contributed by atoms with Gasteiger partial charge in [0.25, 0.3) is 0 Å². The number of ether oxygens (including phenoxy) is 1. The topological polar surface area (TPSA) is 86.8 Å². The lowest BCUT2D eigenvalue weighted by atomic mass is 9.69. The molecule has 1 spiro atoms. The number of carbonyl (C=O) groups is 1. The highest BCUT2D eigenvalue weighted by Crippen LogP contribution is 2.47. The number of aromatic amines is 1. The zero-order valence-electron chi connectivity index (χ0n) is 20.2. The molecule has 2 aliphatic heterocycles. The van der Waals surface area contributed by atoms with Crippen molar-refractivity contribution in [1.29, 1.82) is 0 Å². The van der Waals surface area contributed by atoms with Crippen LogP contribution in [-0.2, 0) is 9.84 Å². The Bertz CT molecular complexity index is 1000. The van der Waals surface area contributed by atoms with Crippen LogP contribution in [0, 0.1) is 0 Å². The Kier molecular flexibility index (Phi) is 5.84. The SMILES string of the molecule is COc1ccc2c3c([nH]c2c1)C(CO[Si](C)(C)C(C)(C)C)NCC31CCN(C(=O)O)CC1. The molecule has 0 radical (unpaired) electrons. The number of likely N-dealkylation sites (tertiary alicyclic amines) is 1. The number of piperidine rings is 1. The molecule has 1 aromatic carbocycles. The first-order valence-corrected chi connectivity index (χ1v) is 14.4. The van der Waals surface area contributed by atoms with Crippen molar-refractivity contribution in [2.45, 2.75) is 63.2 Å². The van der Waals surface area contributed by atoms with Crippen molar-refractivity contribution in [2.24, 2.45) is 0 Å². The Morgan fingerprint density at radius 2 is 1.97 bits per heavy atom. The molecule has 0 aliphatic carbocycles. The second-order valence-corrected chi connectivity index (χ2v) is 15.7. The quantitative estimate of drug-likeness (QED) is 0.569. The van der Waals surface area contributed by atoms with Gasteiger partial charge >= 0.3 is 6.09 Å². The zero-order valence-corrected chi connectivity index (χ0v) is 21.2. The molecule has 3 N–H and O–H groups in total. The van der Waals surface area contributed by atoms with Crippen LogP contribution >= 0.6 is 0 Å². The van der Waals surface area contributed by atoms with Crippen molar-refractivity contribution in [3.05, 3.63) is 29.5 Å². The molecular weight excluding hydrogens is 422 g/mol. The molecule has 2 aliphatic rings. The number of nitrogens with one attached hydrogen (secondary N) is 2. The summed E-state index contributed by atoms with van der Waals surface area (Å²) in [6.07, 6.45) is 0.801. The summed E-state index contributed by atoms with van der Waals surface area (Å²) in [5.74, 6) is 0.827. The Labute approximate surface area is 191 Å². The summed E-state index contributed by atoms with van der Waals surface area (Å²) >= 11 is 0. The molecule has 0 bridgehead atoms. The number of benzene rings is 1. The van der Waals surface area contributed by atoms with E-state index in [2.05, 4.69) is 56.3 Å². The van der Waals surface area contributed by atoms with E-state index in [1.807, 2.05) is 6.07 Å². The molecule has 1 saturated heterocycles. The first-order chi connectivity index (χ1) is 15.0. The van der Waals surface area contributed by atoms with Crippen molar-refractivity contribution in [3.63, 3.8) is 0 Å². The lowest BCUT2D eigenvalue weighted by Gasteiger charge is -2.46. The summed E-state index contributed by atoms with van der Waals surface area (Å²) in [7, 11) is -0.194. The van der Waals surface area contributed by atoms with E-state index in [0.29, 0.717) is 19.7 Å². The van der Waals surface area contributed by atoms with Crippen LogP contribution in [0.1, 0.15) is 50.9 Å². The molecule has 176 valence electrons. The number of H-pyrrole nitrogens is 1. The smallest absolute Gasteiger partial charge is 0.407 e. The van der Waals surface area contributed by atoms with Crippen molar-refractivity contribution < 1.29 is 19.1 Å². The summed E-state index contributed by atoms with van der Waals surface area (Å²) in [6, 6.07) is 6.30. The van der Waals surface area contributed by atoms with Gasteiger partial charge in [0.2, 0.25) is 0 Å². The number of rotatable bonds is 4. The standard InChI is InChI=1S/C24H37N3O4Si/c1-23(2,3)32(5,6)31-14-19-21-20(17-8-7-16(30-4)13-18(17)26-21)24(15-25-19)9-11-27(12-10-24)22(28)29/h7-8,13,19,25-26H,9-12,14-15H2,1-6H3,(H,28,29). The largest absolute Gasteiger partial charge is 0.497 e. The van der Waals surface area contributed by atoms with Gasteiger partial charge in [-0.25, -0.2) is 4.79 Å². The Morgan fingerprint density at radius 3 is 2.56 bits per heavy atom. The second-order valence-electron chi connectivity index (χ2n) is 10.9. The number of amides is 1. The molecule has 3 heterocycles. The molecule has 1 fully saturated rings. The van der Waals surface area contributed by atoms with Crippen molar-refractivity contribution in [1.82, 2.24) is 15.2 Å². The maximum absolute atomic E-state index is 11.5. The molecule has 0 saturated carbocycles. The summed E-state index contributed by atoms with van der Waals surface area (Å²) in [5.41, 5.74) is 3.50. The van der Waals surface area contributed by atoms with Gasteiger partial charge in [0.15, 0.2) is 8.32 Å². The van der Waals surface area contributed by atoms with Gasteiger partial charge in [0.05, 0.1) is 19.8 Å². The fraction of sp³-hybridized carbons (Fsp3) is 0.625. The fourth-order valence-electron chi connectivity index (χ4n) is 4.87. The molecule has 4 rings (SSSR count). The Hall–Kier alpha value is -2.03. The lowest BCUT2D eigenvalue weighted by molar-refractivity contribution is 0.109. The number of carboxylic acid groups (broad SMARTS) is 1. The van der Waals surface area contributed by atoms with E-state index in [-0.39, 0.29) is 16.5 Å². The van der Waals surface area contributed by atoms with Gasteiger partial charge in [0.1, 0.15) is 5.75 Å². The van der Waals surface area contributed by atoms with E-state index in [9.17, 15) is 9.90 Å². The fourth-order valence-corrected chi connectivity index (χ4v) is 5.89. The highest BCUT2D eigenvalue weighted by Gasteiger charge is 2.46. The van der Waals surface area contributed by atoms with E-state index in [1.165, 1.54) is 21.5 Å². The Balaban J connectivity index is 1.71. The number of nitrogens with zero attached hydrogens (tertiary/aromatic N) is 1. The monoisotopic (exact) mass is 459 g/mol. The first-order valence-electron chi connectivity index (χ1n) is 11.5. The first kappa shape index (κ1) is 23.1. The average Bonchev–Trinajstić information content (AvgIpc) is 3.12. The van der Waals surface area contributed by atoms with Crippen molar-refractivity contribution in [3.8, 4) is 5.75 Å². The van der Waals surface area contributed by atoms with Gasteiger partial charge in [-0.3, -0.25) is 0 Å². The third-order valence-electron chi connectivity index (χ3n) is 8.01. The summed E-state index contributed by atoms with van der Waals surface area (Å²) in [5, 5.41) is 14.6. The molecule has 1 unspecified atom stereocenters. The second kappa shape index (κ2) is 8.08. The number of fused-ring (bicyclic) bond motifs is 4. The van der Waals surface area contributed by atoms with Crippen LogP contribution in [0.15, 0.2) is 18.2 Å². The predicted molar refractivity (Wildman–Crippen MR) is 129 cm³/mol. The molecule has 32 heavy (non-hydrogen) atoms. The minimum Gasteiger partial charge on any atom is -0.497 e. The Morgan fingerprint density at radius 1 is 1.28 bits per heavy atom. The molecule has 7 nitrogen and oxygen atoms in total. The van der Waals surface area contributed by atoms with Crippen LogP contribution in [0.3, 0.4) is 0 Å². The maximum atomic E-state index is 11.5. The third-order valence-corrected chi connectivity index (χ3v) is 12.5. The van der Waals surface area contributed by atoms with Crippen LogP contribution in [0.4, 0.5) is 4.79 Å². The minimum atomic E-state index is -1.88. The minimum absolute atomic E-state index is 0.0818. The number of hydrogen-bond acceptors (Lipinski definition) is 4. The maximum Gasteiger partial charge on any atom is 0.407 e. The molecule has 2 aromatic rings. The van der Waals surface area contributed by atoms with E-state index >= 15 is 0 Å². The van der Waals surface area contributed by atoms with E-state index in [4.69, 9.17) is 9.16 Å². The molecule has 1 amide bonds. The summed E-state index contributed by atoms with van der Waals surface area (Å²) < 4.78 is 12.1. The van der Waals surface area contributed by atoms with Crippen LogP contribution < -0.4 is 10.1 Å². The predicted octanol–water partition coefficient (Wildman–Crippen LogP) is 4.85. The van der Waals surface area contributed by atoms with E-state index < -0.39 is 14.4 Å². The van der Waals surface area contributed by atoms with Gasteiger partial charge in [0, 0.05) is 47.7 Å². The number of hydrogen-bond donors (Lipinski definition) is 3. The molecular formula is C24H37N3O4Si. The van der Waals surface area contributed by atoms with Gasteiger partial charge in [-0.05, 0) is 48.7 Å². The van der Waals surface area contributed by atoms with Crippen molar-refractivity contribution in [2.75, 3.05) is 33.4 Å². The highest BCUT2D eigenvalue weighted by molar-refractivity contribution is 6.74. The number of aromatic nitrogens is 1. The van der Waals surface area contributed by atoms with Crippen LogP contribution in [0.25, 0.3) is 10.9 Å². The van der Waals surface area contributed by atoms with Crippen LogP contribution in [-0.4, -0.2) is 62.8 Å². The molecule has 1 atom stereocenters. The summed E-state index contributed by atoms with van der Waals surface area (Å²) in [6.45, 7) is 13.9. The summed E-state index contributed by atoms with van der Waals surface area (Å²) in [4.78, 5) is 16.7. The molecule has 1 aromatic heterocycles. The van der Waals surface area contributed by atoms with Gasteiger partial charge < -0.3 is 29.5 Å².